The Labute approximate surface area is 97.5 Å². The number of rotatable bonds is 3. The van der Waals surface area contributed by atoms with Crippen LogP contribution in [-0.4, -0.2) is 35.1 Å². The standard InChI is InChI=1S/C11H11N3O3/c1-14(2)11-12-7(9-4-3-5-17-9)6-8(13-11)10(15)16/h3-6H,1-2H3,(H,15,16). The lowest BCUT2D eigenvalue weighted by atomic mass is 10.2. The Morgan fingerprint density at radius 2 is 2.18 bits per heavy atom. The van der Waals surface area contributed by atoms with Gasteiger partial charge in [-0.2, -0.15) is 0 Å². The van der Waals surface area contributed by atoms with Crippen LogP contribution in [-0.2, 0) is 0 Å². The predicted octanol–water partition coefficient (Wildman–Crippen LogP) is 1.50. The van der Waals surface area contributed by atoms with Crippen LogP contribution in [0.2, 0.25) is 0 Å². The van der Waals surface area contributed by atoms with Crippen molar-refractivity contribution < 1.29 is 14.3 Å². The maximum Gasteiger partial charge on any atom is 0.354 e. The smallest absolute Gasteiger partial charge is 0.354 e. The first kappa shape index (κ1) is 11.1. The summed E-state index contributed by atoms with van der Waals surface area (Å²) >= 11 is 0. The van der Waals surface area contributed by atoms with Gasteiger partial charge in [-0.15, -0.1) is 0 Å². The summed E-state index contributed by atoms with van der Waals surface area (Å²) in [5.74, 6) is -0.252. The topological polar surface area (TPSA) is 79.5 Å². The summed E-state index contributed by atoms with van der Waals surface area (Å²) in [5.41, 5.74) is 0.390. The van der Waals surface area contributed by atoms with Crippen LogP contribution in [0.5, 0.6) is 0 Å². The minimum atomic E-state index is -1.09. The SMILES string of the molecule is CN(C)c1nc(C(=O)O)cc(-c2ccco2)n1. The van der Waals surface area contributed by atoms with Crippen LogP contribution < -0.4 is 4.90 Å². The molecule has 0 aliphatic rings. The van der Waals surface area contributed by atoms with Gasteiger partial charge in [-0.1, -0.05) is 0 Å². The van der Waals surface area contributed by atoms with E-state index in [-0.39, 0.29) is 5.69 Å². The number of carbonyl (C=O) groups is 1. The molecule has 0 aliphatic carbocycles. The number of anilines is 1. The van der Waals surface area contributed by atoms with Crippen molar-refractivity contribution in [2.24, 2.45) is 0 Å². The first-order chi connectivity index (χ1) is 8.08. The van der Waals surface area contributed by atoms with E-state index in [1.165, 1.54) is 12.3 Å². The number of nitrogens with zero attached hydrogens (tertiary/aromatic N) is 3. The normalized spacial score (nSPS) is 10.2. The minimum Gasteiger partial charge on any atom is -0.477 e. The Kier molecular flexibility index (Phi) is 2.78. The molecule has 0 amide bonds. The number of carboxylic acid groups (broad SMARTS) is 1. The van der Waals surface area contributed by atoms with E-state index in [9.17, 15) is 4.79 Å². The molecule has 2 aromatic heterocycles. The largest absolute Gasteiger partial charge is 0.477 e. The average Bonchev–Trinajstić information content (AvgIpc) is 2.81. The summed E-state index contributed by atoms with van der Waals surface area (Å²) in [6.07, 6.45) is 1.51. The van der Waals surface area contributed by atoms with Crippen LogP contribution in [0.25, 0.3) is 11.5 Å². The van der Waals surface area contributed by atoms with E-state index in [1.54, 1.807) is 31.1 Å². The summed E-state index contributed by atoms with van der Waals surface area (Å²) in [6.45, 7) is 0. The van der Waals surface area contributed by atoms with Gasteiger partial charge in [0, 0.05) is 20.2 Å². The maximum atomic E-state index is 11.0. The third kappa shape index (κ3) is 2.25. The first-order valence-electron chi connectivity index (χ1n) is 4.91. The van der Waals surface area contributed by atoms with E-state index < -0.39 is 5.97 Å². The maximum absolute atomic E-state index is 11.0. The number of furan rings is 1. The van der Waals surface area contributed by atoms with Crippen molar-refractivity contribution in [3.63, 3.8) is 0 Å². The van der Waals surface area contributed by atoms with Crippen molar-refractivity contribution >= 4 is 11.9 Å². The van der Waals surface area contributed by atoms with Crippen molar-refractivity contribution in [2.75, 3.05) is 19.0 Å². The fraction of sp³-hybridized carbons (Fsp3) is 0.182. The second-order valence-electron chi connectivity index (χ2n) is 3.62. The lowest BCUT2D eigenvalue weighted by Gasteiger charge is -2.11. The Hall–Kier alpha value is -2.37. The molecule has 1 N–H and O–H groups in total. The molecule has 17 heavy (non-hydrogen) atoms. The third-order valence-electron chi connectivity index (χ3n) is 2.11. The molecule has 2 heterocycles. The van der Waals surface area contributed by atoms with E-state index in [1.807, 2.05) is 0 Å². The van der Waals surface area contributed by atoms with Crippen LogP contribution in [0.3, 0.4) is 0 Å². The monoisotopic (exact) mass is 233 g/mol. The molecular formula is C11H11N3O3. The van der Waals surface area contributed by atoms with Crippen LogP contribution in [0.15, 0.2) is 28.9 Å². The summed E-state index contributed by atoms with van der Waals surface area (Å²) in [7, 11) is 3.49. The first-order valence-corrected chi connectivity index (χ1v) is 4.91. The molecule has 88 valence electrons. The van der Waals surface area contributed by atoms with Crippen LogP contribution in [0, 0.1) is 0 Å². The molecule has 2 aromatic rings. The molecule has 0 aliphatic heterocycles. The van der Waals surface area contributed by atoms with E-state index in [0.29, 0.717) is 17.4 Å². The van der Waals surface area contributed by atoms with Gasteiger partial charge >= 0.3 is 5.97 Å². The molecule has 6 heteroatoms. The number of hydrogen-bond acceptors (Lipinski definition) is 5. The predicted molar refractivity (Wildman–Crippen MR) is 61.0 cm³/mol. The molecule has 0 saturated carbocycles. The minimum absolute atomic E-state index is 0.0601. The fourth-order valence-corrected chi connectivity index (χ4v) is 1.29. The zero-order valence-corrected chi connectivity index (χ0v) is 9.41. The van der Waals surface area contributed by atoms with Gasteiger partial charge in [0.2, 0.25) is 5.95 Å². The molecule has 0 radical (unpaired) electrons. The Bertz CT molecular complexity index is 535. The van der Waals surface area contributed by atoms with Crippen molar-refractivity contribution in [3.8, 4) is 11.5 Å². The number of carboxylic acids is 1. The molecule has 0 saturated heterocycles. The second kappa shape index (κ2) is 4.25. The van der Waals surface area contributed by atoms with E-state index in [0.717, 1.165) is 0 Å². The Balaban J connectivity index is 2.56. The van der Waals surface area contributed by atoms with Gasteiger partial charge in [-0.25, -0.2) is 14.8 Å². The van der Waals surface area contributed by atoms with Crippen LogP contribution >= 0.6 is 0 Å². The molecular weight excluding hydrogens is 222 g/mol. The van der Waals surface area contributed by atoms with Crippen molar-refractivity contribution in [1.82, 2.24) is 9.97 Å². The lowest BCUT2D eigenvalue weighted by Crippen LogP contribution is -2.15. The number of hydrogen-bond donors (Lipinski definition) is 1. The van der Waals surface area contributed by atoms with E-state index in [2.05, 4.69) is 9.97 Å². The van der Waals surface area contributed by atoms with Gasteiger partial charge in [-0.05, 0) is 12.1 Å². The zero-order chi connectivity index (χ0) is 12.4. The molecule has 0 unspecified atom stereocenters. The van der Waals surface area contributed by atoms with Crippen molar-refractivity contribution in [2.45, 2.75) is 0 Å². The summed E-state index contributed by atoms with van der Waals surface area (Å²) < 4.78 is 5.19. The highest BCUT2D eigenvalue weighted by Crippen LogP contribution is 2.20. The highest BCUT2D eigenvalue weighted by atomic mass is 16.4. The third-order valence-corrected chi connectivity index (χ3v) is 2.11. The quantitative estimate of drug-likeness (QED) is 0.865. The number of aromatic nitrogens is 2. The van der Waals surface area contributed by atoms with Gasteiger partial charge in [0.1, 0.15) is 5.69 Å². The fourth-order valence-electron chi connectivity index (χ4n) is 1.29. The van der Waals surface area contributed by atoms with Crippen molar-refractivity contribution in [3.05, 3.63) is 30.2 Å². The summed E-state index contributed by atoms with van der Waals surface area (Å²) in [6, 6.07) is 4.81. The van der Waals surface area contributed by atoms with E-state index >= 15 is 0 Å². The van der Waals surface area contributed by atoms with Crippen LogP contribution in [0.4, 0.5) is 5.95 Å². The second-order valence-corrected chi connectivity index (χ2v) is 3.62. The lowest BCUT2D eigenvalue weighted by molar-refractivity contribution is 0.0690. The molecule has 6 nitrogen and oxygen atoms in total. The van der Waals surface area contributed by atoms with Gasteiger partial charge in [0.05, 0.1) is 6.26 Å². The highest BCUT2D eigenvalue weighted by molar-refractivity contribution is 5.87. The van der Waals surface area contributed by atoms with Gasteiger partial charge in [0.25, 0.3) is 0 Å². The molecule has 2 rings (SSSR count). The molecule has 0 aromatic carbocycles. The van der Waals surface area contributed by atoms with Crippen molar-refractivity contribution in [1.29, 1.82) is 0 Å². The number of aromatic carboxylic acids is 1. The Morgan fingerprint density at radius 3 is 2.71 bits per heavy atom. The molecule has 0 atom stereocenters. The highest BCUT2D eigenvalue weighted by Gasteiger charge is 2.13. The summed E-state index contributed by atoms with van der Waals surface area (Å²) in [5, 5.41) is 8.97. The van der Waals surface area contributed by atoms with Gasteiger partial charge < -0.3 is 14.4 Å². The summed E-state index contributed by atoms with van der Waals surface area (Å²) in [4.78, 5) is 20.7. The molecule has 0 bridgehead atoms. The zero-order valence-electron chi connectivity index (χ0n) is 9.41. The molecule has 0 fully saturated rings. The van der Waals surface area contributed by atoms with Gasteiger partial charge in [-0.3, -0.25) is 0 Å². The Morgan fingerprint density at radius 1 is 1.41 bits per heavy atom. The van der Waals surface area contributed by atoms with Crippen LogP contribution in [0.1, 0.15) is 10.5 Å². The van der Waals surface area contributed by atoms with E-state index in [4.69, 9.17) is 9.52 Å². The molecule has 0 spiro atoms. The van der Waals surface area contributed by atoms with Gasteiger partial charge in [0.15, 0.2) is 11.5 Å². The average molecular weight is 233 g/mol.